The van der Waals surface area contributed by atoms with E-state index < -0.39 is 5.97 Å². The molecule has 0 radical (unpaired) electrons. The minimum Gasteiger partial charge on any atom is -0.480 e. The van der Waals surface area contributed by atoms with Crippen LogP contribution in [0, 0.1) is 6.92 Å². The molecule has 0 unspecified atom stereocenters. The van der Waals surface area contributed by atoms with E-state index in [-0.39, 0.29) is 13.2 Å². The van der Waals surface area contributed by atoms with Crippen LogP contribution in [0.2, 0.25) is 5.02 Å². The summed E-state index contributed by atoms with van der Waals surface area (Å²) in [6.45, 7) is 4.25. The van der Waals surface area contributed by atoms with Crippen molar-refractivity contribution in [1.29, 1.82) is 0 Å². The number of carboxylic acid groups (broad SMARTS) is 1. The van der Waals surface area contributed by atoms with Gasteiger partial charge >= 0.3 is 5.97 Å². The van der Waals surface area contributed by atoms with E-state index in [1.54, 1.807) is 11.6 Å². The van der Waals surface area contributed by atoms with Crippen LogP contribution in [-0.2, 0) is 22.7 Å². The van der Waals surface area contributed by atoms with Crippen LogP contribution in [0.5, 0.6) is 0 Å². The molecule has 1 aromatic heterocycles. The van der Waals surface area contributed by atoms with Crippen LogP contribution in [0.3, 0.4) is 0 Å². The highest BCUT2D eigenvalue weighted by Gasteiger charge is 2.12. The molecule has 0 spiro atoms. The van der Waals surface area contributed by atoms with E-state index in [9.17, 15) is 4.79 Å². The fourth-order valence-electron chi connectivity index (χ4n) is 1.24. The van der Waals surface area contributed by atoms with Gasteiger partial charge in [0, 0.05) is 6.54 Å². The predicted molar refractivity (Wildman–Crippen MR) is 54.9 cm³/mol. The summed E-state index contributed by atoms with van der Waals surface area (Å²) in [4.78, 5) is 10.3. The summed E-state index contributed by atoms with van der Waals surface area (Å²) < 4.78 is 6.68. The maximum absolute atomic E-state index is 10.3. The van der Waals surface area contributed by atoms with Crippen molar-refractivity contribution >= 4 is 17.6 Å². The number of hydrogen-bond donors (Lipinski definition) is 1. The first kappa shape index (κ1) is 12.0. The highest BCUT2D eigenvalue weighted by molar-refractivity contribution is 6.31. The van der Waals surface area contributed by atoms with Gasteiger partial charge in [0.2, 0.25) is 0 Å². The molecule has 0 bridgehead atoms. The van der Waals surface area contributed by atoms with Gasteiger partial charge in [0.1, 0.15) is 6.61 Å². The number of aryl methyl sites for hydroxylation is 2. The van der Waals surface area contributed by atoms with E-state index in [4.69, 9.17) is 21.4 Å². The molecule has 15 heavy (non-hydrogen) atoms. The minimum absolute atomic E-state index is 0.166. The zero-order chi connectivity index (χ0) is 11.4. The lowest BCUT2D eigenvalue weighted by atomic mass is 10.4. The molecule has 0 aliphatic carbocycles. The van der Waals surface area contributed by atoms with Crippen LogP contribution in [0.4, 0.5) is 0 Å². The lowest BCUT2D eigenvalue weighted by molar-refractivity contribution is -0.142. The Morgan fingerprint density at radius 2 is 2.33 bits per heavy atom. The van der Waals surface area contributed by atoms with Gasteiger partial charge in [0.15, 0.2) is 0 Å². The van der Waals surface area contributed by atoms with E-state index in [0.29, 0.717) is 11.6 Å². The van der Waals surface area contributed by atoms with Crippen molar-refractivity contribution in [2.45, 2.75) is 27.0 Å². The van der Waals surface area contributed by atoms with E-state index in [2.05, 4.69) is 5.10 Å². The fraction of sp³-hybridized carbons (Fsp3) is 0.556. The standard InChI is InChI=1S/C9H13ClN2O3/c1-3-12-7(4-15-5-8(13)14)9(10)6(2)11-12/h3-5H2,1-2H3,(H,13,14). The van der Waals surface area contributed by atoms with Gasteiger partial charge < -0.3 is 9.84 Å². The van der Waals surface area contributed by atoms with Crippen molar-refractivity contribution in [3.63, 3.8) is 0 Å². The topological polar surface area (TPSA) is 64.4 Å². The molecule has 0 aliphatic heterocycles. The Hall–Kier alpha value is -1.07. The number of aliphatic carboxylic acids is 1. The molecule has 84 valence electrons. The molecule has 1 aromatic rings. The van der Waals surface area contributed by atoms with Gasteiger partial charge in [0.05, 0.1) is 23.0 Å². The third kappa shape index (κ3) is 2.94. The first-order valence-electron chi connectivity index (χ1n) is 4.57. The van der Waals surface area contributed by atoms with Crippen LogP contribution in [0.15, 0.2) is 0 Å². The first-order valence-corrected chi connectivity index (χ1v) is 4.95. The number of carboxylic acids is 1. The van der Waals surface area contributed by atoms with Gasteiger partial charge in [-0.05, 0) is 13.8 Å². The Kier molecular flexibility index (Phi) is 4.11. The molecule has 5 nitrogen and oxygen atoms in total. The Morgan fingerprint density at radius 1 is 1.67 bits per heavy atom. The van der Waals surface area contributed by atoms with Crippen molar-refractivity contribution in [2.24, 2.45) is 0 Å². The molecular weight excluding hydrogens is 220 g/mol. The summed E-state index contributed by atoms with van der Waals surface area (Å²) in [5, 5.41) is 13.1. The molecule has 0 amide bonds. The summed E-state index contributed by atoms with van der Waals surface area (Å²) >= 11 is 6.00. The molecule has 0 aromatic carbocycles. The molecular formula is C9H13ClN2O3. The average Bonchev–Trinajstić information content (AvgIpc) is 2.44. The monoisotopic (exact) mass is 232 g/mol. The van der Waals surface area contributed by atoms with Crippen molar-refractivity contribution in [2.75, 3.05) is 6.61 Å². The first-order chi connectivity index (χ1) is 7.06. The fourth-order valence-corrected chi connectivity index (χ4v) is 1.43. The van der Waals surface area contributed by atoms with Crippen molar-refractivity contribution < 1.29 is 14.6 Å². The predicted octanol–water partition coefficient (Wildman–Crippen LogP) is 1.47. The quantitative estimate of drug-likeness (QED) is 0.835. The lowest BCUT2D eigenvalue weighted by Gasteiger charge is -2.04. The normalized spacial score (nSPS) is 10.6. The van der Waals surface area contributed by atoms with Crippen molar-refractivity contribution in [1.82, 2.24) is 9.78 Å². The second-order valence-electron chi connectivity index (χ2n) is 3.05. The van der Waals surface area contributed by atoms with Crippen molar-refractivity contribution in [3.8, 4) is 0 Å². The van der Waals surface area contributed by atoms with Gasteiger partial charge in [-0.3, -0.25) is 4.68 Å². The molecule has 6 heteroatoms. The van der Waals surface area contributed by atoms with Crippen LogP contribution in [-0.4, -0.2) is 27.5 Å². The molecule has 1 N–H and O–H groups in total. The van der Waals surface area contributed by atoms with Crippen LogP contribution in [0.1, 0.15) is 18.3 Å². The van der Waals surface area contributed by atoms with E-state index in [1.807, 2.05) is 6.92 Å². The maximum atomic E-state index is 10.3. The smallest absolute Gasteiger partial charge is 0.329 e. The number of rotatable bonds is 5. The van der Waals surface area contributed by atoms with Gasteiger partial charge in [0.25, 0.3) is 0 Å². The SMILES string of the molecule is CCn1nc(C)c(Cl)c1COCC(=O)O. The Labute approximate surface area is 92.6 Å². The molecule has 0 saturated heterocycles. The highest BCUT2D eigenvalue weighted by atomic mass is 35.5. The Morgan fingerprint density at radius 3 is 2.87 bits per heavy atom. The number of carbonyl (C=O) groups is 1. The number of hydrogen-bond acceptors (Lipinski definition) is 3. The minimum atomic E-state index is -0.995. The third-order valence-electron chi connectivity index (χ3n) is 1.92. The molecule has 0 saturated carbocycles. The van der Waals surface area contributed by atoms with Gasteiger partial charge in [-0.15, -0.1) is 0 Å². The number of aromatic nitrogens is 2. The summed E-state index contributed by atoms with van der Waals surface area (Å²) in [5.74, 6) is -0.995. The number of halogens is 1. The van der Waals surface area contributed by atoms with Crippen molar-refractivity contribution in [3.05, 3.63) is 16.4 Å². The number of ether oxygens (including phenoxy) is 1. The van der Waals surface area contributed by atoms with Crippen LogP contribution < -0.4 is 0 Å². The largest absolute Gasteiger partial charge is 0.480 e. The molecule has 0 atom stereocenters. The molecule has 0 fully saturated rings. The van der Waals surface area contributed by atoms with E-state index >= 15 is 0 Å². The Bertz CT molecular complexity index is 362. The van der Waals surface area contributed by atoms with Gasteiger partial charge in [-0.2, -0.15) is 5.10 Å². The summed E-state index contributed by atoms with van der Waals surface area (Å²) in [5.41, 5.74) is 1.45. The van der Waals surface area contributed by atoms with Gasteiger partial charge in [-0.25, -0.2) is 4.79 Å². The zero-order valence-corrected chi connectivity index (χ0v) is 9.41. The van der Waals surface area contributed by atoms with Gasteiger partial charge in [-0.1, -0.05) is 11.6 Å². The summed E-state index contributed by atoms with van der Waals surface area (Å²) in [7, 11) is 0. The lowest BCUT2D eigenvalue weighted by Crippen LogP contribution is -2.10. The molecule has 0 aliphatic rings. The molecule has 1 heterocycles. The third-order valence-corrected chi connectivity index (χ3v) is 2.41. The Balaban J connectivity index is 2.70. The van der Waals surface area contributed by atoms with Crippen LogP contribution >= 0.6 is 11.6 Å². The second kappa shape index (κ2) is 5.14. The zero-order valence-electron chi connectivity index (χ0n) is 8.66. The number of nitrogens with zero attached hydrogens (tertiary/aromatic N) is 2. The second-order valence-corrected chi connectivity index (χ2v) is 3.43. The maximum Gasteiger partial charge on any atom is 0.329 e. The summed E-state index contributed by atoms with van der Waals surface area (Å²) in [6.07, 6.45) is 0. The molecule has 1 rings (SSSR count). The summed E-state index contributed by atoms with van der Waals surface area (Å²) in [6, 6.07) is 0. The van der Waals surface area contributed by atoms with E-state index in [0.717, 1.165) is 11.4 Å². The highest BCUT2D eigenvalue weighted by Crippen LogP contribution is 2.20. The van der Waals surface area contributed by atoms with E-state index in [1.165, 1.54) is 0 Å². The average molecular weight is 233 g/mol. The van der Waals surface area contributed by atoms with Crippen LogP contribution in [0.25, 0.3) is 0 Å².